The molecule has 0 aliphatic carbocycles. The monoisotopic (exact) mass is 203 g/mol. The molecule has 0 N–H and O–H groups in total. The Hall–Kier alpha value is 0.210. The van der Waals surface area contributed by atoms with Crippen LogP contribution in [0.3, 0.4) is 0 Å². The summed E-state index contributed by atoms with van der Waals surface area (Å²) in [7, 11) is 0. The quantitative estimate of drug-likeness (QED) is 0.648. The molecule has 13 heavy (non-hydrogen) atoms. The lowest BCUT2D eigenvalue weighted by Gasteiger charge is -2.24. The van der Waals surface area contributed by atoms with Crippen molar-refractivity contribution < 1.29 is 4.74 Å². The number of ether oxygens (including phenoxy) is 1. The van der Waals surface area contributed by atoms with Crippen LogP contribution in [0.1, 0.15) is 19.3 Å². The molecule has 2 aliphatic rings. The summed E-state index contributed by atoms with van der Waals surface area (Å²) < 4.78 is 5.38. The Kier molecular flexibility index (Phi) is 3.47. The Bertz CT molecular complexity index is 159. The van der Waals surface area contributed by atoms with Gasteiger partial charge in [-0.15, -0.1) is 11.6 Å². The number of rotatable bonds is 3. The van der Waals surface area contributed by atoms with Crippen molar-refractivity contribution in [1.82, 2.24) is 4.90 Å². The molecule has 2 heterocycles. The van der Waals surface area contributed by atoms with Crippen molar-refractivity contribution in [1.29, 1.82) is 0 Å². The first kappa shape index (κ1) is 9.75. The SMILES string of the molecule is ClCC1CCCN1CC1CCOC1. The lowest BCUT2D eigenvalue weighted by Crippen LogP contribution is -2.35. The van der Waals surface area contributed by atoms with Crippen LogP contribution < -0.4 is 0 Å². The fourth-order valence-corrected chi connectivity index (χ4v) is 2.72. The molecule has 2 atom stereocenters. The molecule has 2 rings (SSSR count). The van der Waals surface area contributed by atoms with Gasteiger partial charge in [0.25, 0.3) is 0 Å². The second-order valence-electron chi connectivity index (χ2n) is 4.17. The van der Waals surface area contributed by atoms with E-state index in [4.69, 9.17) is 16.3 Å². The molecule has 0 aromatic rings. The Morgan fingerprint density at radius 1 is 1.38 bits per heavy atom. The number of hydrogen-bond donors (Lipinski definition) is 0. The van der Waals surface area contributed by atoms with Gasteiger partial charge in [-0.3, -0.25) is 4.90 Å². The van der Waals surface area contributed by atoms with Crippen molar-refractivity contribution in [2.24, 2.45) is 5.92 Å². The first-order valence-electron chi connectivity index (χ1n) is 5.28. The molecule has 0 amide bonds. The first-order chi connectivity index (χ1) is 6.40. The van der Waals surface area contributed by atoms with Crippen LogP contribution in [-0.2, 0) is 4.74 Å². The van der Waals surface area contributed by atoms with E-state index < -0.39 is 0 Å². The van der Waals surface area contributed by atoms with Crippen LogP contribution in [-0.4, -0.2) is 43.1 Å². The first-order valence-corrected chi connectivity index (χ1v) is 5.81. The van der Waals surface area contributed by atoms with Gasteiger partial charge < -0.3 is 4.74 Å². The second-order valence-corrected chi connectivity index (χ2v) is 4.48. The summed E-state index contributed by atoms with van der Waals surface area (Å²) in [5, 5.41) is 0. The van der Waals surface area contributed by atoms with Crippen LogP contribution in [0.2, 0.25) is 0 Å². The summed E-state index contributed by atoms with van der Waals surface area (Å²) in [4.78, 5) is 2.55. The van der Waals surface area contributed by atoms with Crippen LogP contribution in [0.15, 0.2) is 0 Å². The predicted octanol–water partition coefficient (Wildman–Crippen LogP) is 1.73. The van der Waals surface area contributed by atoms with Crippen LogP contribution in [0.4, 0.5) is 0 Å². The number of likely N-dealkylation sites (tertiary alicyclic amines) is 1. The van der Waals surface area contributed by atoms with Gasteiger partial charge in [0.05, 0.1) is 6.61 Å². The van der Waals surface area contributed by atoms with E-state index in [1.165, 1.54) is 32.4 Å². The summed E-state index contributed by atoms with van der Waals surface area (Å²) in [6.45, 7) is 4.38. The fourth-order valence-electron chi connectivity index (χ4n) is 2.37. The molecular weight excluding hydrogens is 186 g/mol. The molecule has 0 spiro atoms. The maximum absolute atomic E-state index is 5.92. The zero-order chi connectivity index (χ0) is 9.10. The van der Waals surface area contributed by atoms with E-state index in [2.05, 4.69) is 4.90 Å². The largest absolute Gasteiger partial charge is 0.381 e. The third-order valence-corrected chi connectivity index (χ3v) is 3.55. The zero-order valence-electron chi connectivity index (χ0n) is 8.04. The molecule has 0 bridgehead atoms. The summed E-state index contributed by atoms with van der Waals surface area (Å²) in [5.74, 6) is 1.57. The number of nitrogens with zero attached hydrogens (tertiary/aromatic N) is 1. The van der Waals surface area contributed by atoms with Crippen molar-refractivity contribution in [3.05, 3.63) is 0 Å². The standard InChI is InChI=1S/C10H18ClNO/c11-6-10-2-1-4-12(10)7-9-3-5-13-8-9/h9-10H,1-8H2. The van der Waals surface area contributed by atoms with Gasteiger partial charge in [0.15, 0.2) is 0 Å². The van der Waals surface area contributed by atoms with Gasteiger partial charge in [-0.25, -0.2) is 0 Å². The average Bonchev–Trinajstić information content (AvgIpc) is 2.76. The summed E-state index contributed by atoms with van der Waals surface area (Å²) >= 11 is 5.92. The van der Waals surface area contributed by atoms with Gasteiger partial charge in [0.1, 0.15) is 0 Å². The molecule has 2 saturated heterocycles. The molecule has 2 aliphatic heterocycles. The van der Waals surface area contributed by atoms with Gasteiger partial charge in [0, 0.05) is 25.1 Å². The van der Waals surface area contributed by atoms with E-state index in [1.807, 2.05) is 0 Å². The lowest BCUT2D eigenvalue weighted by molar-refractivity contribution is 0.165. The maximum atomic E-state index is 5.92. The summed E-state index contributed by atoms with van der Waals surface area (Å²) in [5.41, 5.74) is 0. The van der Waals surface area contributed by atoms with Crippen molar-refractivity contribution in [2.45, 2.75) is 25.3 Å². The van der Waals surface area contributed by atoms with Crippen LogP contribution >= 0.6 is 11.6 Å². The molecule has 2 fully saturated rings. The highest BCUT2D eigenvalue weighted by molar-refractivity contribution is 6.18. The molecule has 0 radical (unpaired) electrons. The smallest absolute Gasteiger partial charge is 0.0507 e. The highest BCUT2D eigenvalue weighted by Crippen LogP contribution is 2.22. The van der Waals surface area contributed by atoms with E-state index in [9.17, 15) is 0 Å². The van der Waals surface area contributed by atoms with Crippen molar-refractivity contribution >= 4 is 11.6 Å². The minimum absolute atomic E-state index is 0.641. The van der Waals surface area contributed by atoms with E-state index in [-0.39, 0.29) is 0 Å². The molecule has 0 aromatic heterocycles. The highest BCUT2D eigenvalue weighted by atomic mass is 35.5. The topological polar surface area (TPSA) is 12.5 Å². The number of alkyl halides is 1. The normalized spacial score (nSPS) is 35.8. The minimum Gasteiger partial charge on any atom is -0.381 e. The zero-order valence-corrected chi connectivity index (χ0v) is 8.80. The lowest BCUT2D eigenvalue weighted by atomic mass is 10.1. The fraction of sp³-hybridized carbons (Fsp3) is 1.00. The van der Waals surface area contributed by atoms with Crippen LogP contribution in [0.5, 0.6) is 0 Å². The molecule has 3 heteroatoms. The summed E-state index contributed by atoms with van der Waals surface area (Å²) in [6.07, 6.45) is 3.85. The van der Waals surface area contributed by atoms with Crippen LogP contribution in [0.25, 0.3) is 0 Å². The van der Waals surface area contributed by atoms with E-state index in [0.29, 0.717) is 6.04 Å². The van der Waals surface area contributed by atoms with Crippen LogP contribution in [0, 0.1) is 5.92 Å². The van der Waals surface area contributed by atoms with Gasteiger partial charge in [-0.1, -0.05) is 0 Å². The Morgan fingerprint density at radius 3 is 3.00 bits per heavy atom. The molecule has 0 aromatic carbocycles. The van der Waals surface area contributed by atoms with Gasteiger partial charge in [0.2, 0.25) is 0 Å². The molecule has 2 nitrogen and oxygen atoms in total. The van der Waals surface area contributed by atoms with Crippen molar-refractivity contribution in [2.75, 3.05) is 32.2 Å². The minimum atomic E-state index is 0.641. The van der Waals surface area contributed by atoms with E-state index in [1.54, 1.807) is 0 Å². The van der Waals surface area contributed by atoms with Gasteiger partial charge in [-0.2, -0.15) is 0 Å². The molecular formula is C10H18ClNO. The number of hydrogen-bond acceptors (Lipinski definition) is 2. The Balaban J connectivity index is 1.79. The number of halogens is 1. The highest BCUT2D eigenvalue weighted by Gasteiger charge is 2.27. The van der Waals surface area contributed by atoms with Crippen molar-refractivity contribution in [3.63, 3.8) is 0 Å². The third kappa shape index (κ3) is 2.36. The Labute approximate surface area is 85.2 Å². The van der Waals surface area contributed by atoms with Crippen molar-refractivity contribution in [3.8, 4) is 0 Å². The average molecular weight is 204 g/mol. The molecule has 76 valence electrons. The predicted molar refractivity (Wildman–Crippen MR) is 54.2 cm³/mol. The second kappa shape index (κ2) is 4.63. The summed E-state index contributed by atoms with van der Waals surface area (Å²) in [6, 6.07) is 0.641. The third-order valence-electron chi connectivity index (χ3n) is 3.19. The molecule has 2 unspecified atom stereocenters. The van der Waals surface area contributed by atoms with Gasteiger partial charge >= 0.3 is 0 Å². The van der Waals surface area contributed by atoms with E-state index >= 15 is 0 Å². The molecule has 0 saturated carbocycles. The Morgan fingerprint density at radius 2 is 2.31 bits per heavy atom. The van der Waals surface area contributed by atoms with E-state index in [0.717, 1.165) is 25.0 Å². The maximum Gasteiger partial charge on any atom is 0.0507 e. The van der Waals surface area contributed by atoms with Gasteiger partial charge in [-0.05, 0) is 31.7 Å².